The topological polar surface area (TPSA) is 95.6 Å². The molecule has 0 spiro atoms. The fraction of sp³-hybridized carbons (Fsp3) is 0.400. The first-order valence-corrected chi connectivity index (χ1v) is 12.4. The number of amides is 2. The maximum absolute atomic E-state index is 12.9. The summed E-state index contributed by atoms with van der Waals surface area (Å²) < 4.78 is 27.6. The molecule has 1 aliphatic heterocycles. The van der Waals surface area contributed by atoms with Gasteiger partial charge in [-0.15, -0.1) is 11.3 Å². The highest BCUT2D eigenvalue weighted by Gasteiger charge is 2.33. The standard InChI is InChI=1S/C20H24ClN3O4S2/c21-17-8-2-1-6-15(17)14-23-20(26)19(25)22-11-10-16-7-3-4-12-24(16)30(27,28)18-9-5-13-29-18/h1-2,5-6,8-9,13,16H,3-4,7,10-12,14H2,(H,22,25)(H,23,26)/t16-/m1/s1. The molecule has 7 nitrogen and oxygen atoms in total. The third-order valence-electron chi connectivity index (χ3n) is 5.00. The average molecular weight is 470 g/mol. The lowest BCUT2D eigenvalue weighted by molar-refractivity contribution is -0.139. The van der Waals surface area contributed by atoms with Crippen molar-refractivity contribution in [2.75, 3.05) is 13.1 Å². The van der Waals surface area contributed by atoms with Crippen LogP contribution in [-0.2, 0) is 26.2 Å². The van der Waals surface area contributed by atoms with E-state index in [4.69, 9.17) is 11.6 Å². The lowest BCUT2D eigenvalue weighted by Crippen LogP contribution is -2.46. The molecule has 0 saturated carbocycles. The fourth-order valence-electron chi connectivity index (χ4n) is 3.43. The smallest absolute Gasteiger partial charge is 0.309 e. The molecule has 2 aromatic rings. The minimum atomic E-state index is -3.53. The Bertz CT molecular complexity index is 980. The van der Waals surface area contributed by atoms with E-state index in [1.54, 1.807) is 41.8 Å². The van der Waals surface area contributed by atoms with E-state index in [1.807, 2.05) is 0 Å². The molecular weight excluding hydrogens is 446 g/mol. The van der Waals surface area contributed by atoms with Crippen LogP contribution in [-0.4, -0.2) is 43.7 Å². The molecule has 162 valence electrons. The number of nitrogens with one attached hydrogen (secondary N) is 2. The van der Waals surface area contributed by atoms with E-state index in [2.05, 4.69) is 10.6 Å². The van der Waals surface area contributed by atoms with Gasteiger partial charge in [0.2, 0.25) is 0 Å². The molecule has 2 N–H and O–H groups in total. The Morgan fingerprint density at radius 2 is 1.87 bits per heavy atom. The first kappa shape index (κ1) is 22.7. The van der Waals surface area contributed by atoms with Crippen molar-refractivity contribution in [3.05, 3.63) is 52.4 Å². The molecule has 2 heterocycles. The lowest BCUT2D eigenvalue weighted by atomic mass is 10.0. The summed E-state index contributed by atoms with van der Waals surface area (Å²) in [5.41, 5.74) is 0.719. The fourth-order valence-corrected chi connectivity index (χ4v) is 6.48. The summed E-state index contributed by atoms with van der Waals surface area (Å²) >= 11 is 7.24. The molecule has 1 aliphatic rings. The van der Waals surface area contributed by atoms with Crippen molar-refractivity contribution in [1.29, 1.82) is 0 Å². The van der Waals surface area contributed by atoms with Crippen LogP contribution >= 0.6 is 22.9 Å². The zero-order valence-electron chi connectivity index (χ0n) is 16.3. The molecule has 2 amide bonds. The predicted molar refractivity (Wildman–Crippen MR) is 117 cm³/mol. The summed E-state index contributed by atoms with van der Waals surface area (Å²) in [4.78, 5) is 24.1. The highest BCUT2D eigenvalue weighted by molar-refractivity contribution is 7.91. The predicted octanol–water partition coefficient (Wildman–Crippen LogP) is 2.77. The number of carbonyl (C=O) groups excluding carboxylic acids is 2. The third kappa shape index (κ3) is 5.60. The van der Waals surface area contributed by atoms with E-state index in [9.17, 15) is 18.0 Å². The second-order valence-corrected chi connectivity index (χ2v) is 10.5. The van der Waals surface area contributed by atoms with Gasteiger partial charge in [0.05, 0.1) is 0 Å². The number of piperidine rings is 1. The summed E-state index contributed by atoms with van der Waals surface area (Å²) in [5.74, 6) is -1.49. The van der Waals surface area contributed by atoms with Crippen molar-refractivity contribution >= 4 is 44.8 Å². The Kier molecular flexibility index (Phi) is 7.87. The Hall–Kier alpha value is -1.94. The molecular formula is C20H24ClN3O4S2. The third-order valence-corrected chi connectivity index (χ3v) is 8.69. The Labute approximate surface area is 185 Å². The molecule has 0 bridgehead atoms. The van der Waals surface area contributed by atoms with Gasteiger partial charge in [-0.05, 0) is 42.3 Å². The van der Waals surface area contributed by atoms with Gasteiger partial charge in [0.1, 0.15) is 4.21 Å². The Morgan fingerprint density at radius 1 is 1.10 bits per heavy atom. The van der Waals surface area contributed by atoms with Crippen LogP contribution in [0.1, 0.15) is 31.2 Å². The zero-order valence-corrected chi connectivity index (χ0v) is 18.7. The van der Waals surface area contributed by atoms with Crippen LogP contribution in [0.3, 0.4) is 0 Å². The van der Waals surface area contributed by atoms with Gasteiger partial charge in [0.15, 0.2) is 0 Å². The maximum Gasteiger partial charge on any atom is 0.309 e. The van der Waals surface area contributed by atoms with E-state index in [-0.39, 0.29) is 19.1 Å². The molecule has 10 heteroatoms. The van der Waals surface area contributed by atoms with E-state index >= 15 is 0 Å². The number of rotatable bonds is 7. The van der Waals surface area contributed by atoms with Crippen LogP contribution in [0.25, 0.3) is 0 Å². The molecule has 30 heavy (non-hydrogen) atoms. The van der Waals surface area contributed by atoms with Crippen LogP contribution < -0.4 is 10.6 Å². The number of sulfonamides is 1. The average Bonchev–Trinajstić information content (AvgIpc) is 3.29. The van der Waals surface area contributed by atoms with E-state index in [0.717, 1.165) is 24.8 Å². The molecule has 3 rings (SSSR count). The van der Waals surface area contributed by atoms with Crippen LogP contribution in [0.15, 0.2) is 46.0 Å². The summed E-state index contributed by atoms with van der Waals surface area (Å²) in [7, 11) is -3.53. The summed E-state index contributed by atoms with van der Waals surface area (Å²) in [5, 5.41) is 7.38. The van der Waals surface area contributed by atoms with Gasteiger partial charge in [-0.25, -0.2) is 8.42 Å². The molecule has 1 saturated heterocycles. The van der Waals surface area contributed by atoms with Crippen LogP contribution in [0.5, 0.6) is 0 Å². The number of hydrogen-bond acceptors (Lipinski definition) is 5. The van der Waals surface area contributed by atoms with Gasteiger partial charge < -0.3 is 10.6 Å². The Balaban J connectivity index is 1.50. The number of nitrogens with zero attached hydrogens (tertiary/aromatic N) is 1. The van der Waals surface area contributed by atoms with Gasteiger partial charge >= 0.3 is 11.8 Å². The normalized spacial score (nSPS) is 17.4. The number of benzene rings is 1. The summed E-state index contributed by atoms with van der Waals surface area (Å²) in [6, 6.07) is 10.2. The summed E-state index contributed by atoms with van der Waals surface area (Å²) in [6.45, 7) is 0.845. The van der Waals surface area contributed by atoms with E-state index in [0.29, 0.717) is 22.2 Å². The van der Waals surface area contributed by atoms with Crippen molar-refractivity contribution in [2.24, 2.45) is 0 Å². The SMILES string of the molecule is O=C(NCC[C@H]1CCCCN1S(=O)(=O)c1cccs1)C(=O)NCc1ccccc1Cl. The van der Waals surface area contributed by atoms with E-state index < -0.39 is 21.8 Å². The highest BCUT2D eigenvalue weighted by Crippen LogP contribution is 2.29. The van der Waals surface area contributed by atoms with Gasteiger partial charge in [0.25, 0.3) is 10.0 Å². The molecule has 1 atom stereocenters. The molecule has 0 unspecified atom stereocenters. The minimum Gasteiger partial charge on any atom is -0.348 e. The van der Waals surface area contributed by atoms with Crippen molar-refractivity contribution < 1.29 is 18.0 Å². The van der Waals surface area contributed by atoms with Crippen molar-refractivity contribution in [1.82, 2.24) is 14.9 Å². The number of carbonyl (C=O) groups is 2. The maximum atomic E-state index is 12.9. The summed E-state index contributed by atoms with van der Waals surface area (Å²) in [6.07, 6.45) is 2.94. The quantitative estimate of drug-likeness (QED) is 0.609. The number of thiophene rings is 1. The van der Waals surface area contributed by atoms with Crippen molar-refractivity contribution in [2.45, 2.75) is 42.5 Å². The molecule has 0 radical (unpaired) electrons. The zero-order chi connectivity index (χ0) is 21.6. The molecule has 1 fully saturated rings. The largest absolute Gasteiger partial charge is 0.348 e. The lowest BCUT2D eigenvalue weighted by Gasteiger charge is -2.34. The second-order valence-electron chi connectivity index (χ2n) is 7.02. The van der Waals surface area contributed by atoms with Crippen LogP contribution in [0, 0.1) is 0 Å². The number of hydrogen-bond donors (Lipinski definition) is 2. The van der Waals surface area contributed by atoms with E-state index in [1.165, 1.54) is 15.6 Å². The Morgan fingerprint density at radius 3 is 2.60 bits per heavy atom. The van der Waals surface area contributed by atoms with Gasteiger partial charge in [-0.1, -0.05) is 42.3 Å². The first-order chi connectivity index (χ1) is 14.4. The number of halogens is 1. The van der Waals surface area contributed by atoms with Crippen molar-refractivity contribution in [3.8, 4) is 0 Å². The highest BCUT2D eigenvalue weighted by atomic mass is 35.5. The first-order valence-electron chi connectivity index (χ1n) is 9.74. The molecule has 1 aromatic heterocycles. The van der Waals surface area contributed by atoms with Gasteiger partial charge in [0, 0.05) is 30.7 Å². The van der Waals surface area contributed by atoms with Gasteiger partial charge in [-0.3, -0.25) is 9.59 Å². The minimum absolute atomic E-state index is 0.154. The van der Waals surface area contributed by atoms with Crippen LogP contribution in [0.4, 0.5) is 0 Å². The second kappa shape index (κ2) is 10.4. The van der Waals surface area contributed by atoms with Gasteiger partial charge in [-0.2, -0.15) is 4.31 Å². The monoisotopic (exact) mass is 469 g/mol. The molecule has 1 aromatic carbocycles. The molecule has 0 aliphatic carbocycles. The van der Waals surface area contributed by atoms with Crippen LogP contribution in [0.2, 0.25) is 5.02 Å². The van der Waals surface area contributed by atoms with Crippen molar-refractivity contribution in [3.63, 3.8) is 0 Å².